The quantitative estimate of drug-likeness (QED) is 0.782. The summed E-state index contributed by atoms with van der Waals surface area (Å²) in [4.78, 5) is 12.1. The van der Waals surface area contributed by atoms with Crippen molar-refractivity contribution in [1.82, 2.24) is 5.32 Å². The average Bonchev–Trinajstić information content (AvgIpc) is 3.04. The van der Waals surface area contributed by atoms with Crippen LogP contribution in [-0.4, -0.2) is 36.1 Å². The Balaban J connectivity index is 1.93. The maximum atomic E-state index is 12.1. The first-order valence-corrected chi connectivity index (χ1v) is 8.73. The van der Waals surface area contributed by atoms with Crippen LogP contribution in [0.1, 0.15) is 67.7 Å². The molecule has 5 nitrogen and oxygen atoms in total. The van der Waals surface area contributed by atoms with Crippen LogP contribution in [0.2, 0.25) is 6.32 Å². The molecule has 1 saturated carbocycles. The normalized spacial score (nSPS) is 24.4. The largest absolute Gasteiger partial charge is 0.459 e. The molecule has 2 rings (SSSR count). The number of carbonyl (C=O) groups is 1. The standard InChI is InChI=1S/C17H32BNO4/c1-15(2,3)21-14(20)19-13(10-12-8-9-12)11-18-22-16(4,5)17(6,7)23-18/h12-13H,8-11H2,1-7H3,(H,19,20)/t13-/m0/s1. The van der Waals surface area contributed by atoms with Gasteiger partial charge < -0.3 is 19.4 Å². The first kappa shape index (κ1) is 18.6. The summed E-state index contributed by atoms with van der Waals surface area (Å²) >= 11 is 0. The van der Waals surface area contributed by atoms with Crippen molar-refractivity contribution in [2.75, 3.05) is 0 Å². The van der Waals surface area contributed by atoms with E-state index in [1.807, 2.05) is 48.5 Å². The van der Waals surface area contributed by atoms with Crippen molar-refractivity contribution in [2.45, 2.75) is 96.9 Å². The monoisotopic (exact) mass is 325 g/mol. The first-order chi connectivity index (χ1) is 10.4. The Morgan fingerprint density at radius 2 is 1.74 bits per heavy atom. The molecule has 1 atom stereocenters. The van der Waals surface area contributed by atoms with Gasteiger partial charge in [-0.3, -0.25) is 0 Å². The van der Waals surface area contributed by atoms with E-state index in [9.17, 15) is 4.79 Å². The number of hydrogen-bond acceptors (Lipinski definition) is 4. The highest BCUT2D eigenvalue weighted by atomic mass is 16.7. The van der Waals surface area contributed by atoms with Crippen LogP contribution in [0.3, 0.4) is 0 Å². The molecule has 0 aromatic heterocycles. The van der Waals surface area contributed by atoms with Crippen LogP contribution in [0.15, 0.2) is 0 Å². The summed E-state index contributed by atoms with van der Waals surface area (Å²) in [5.41, 5.74) is -1.17. The highest BCUT2D eigenvalue weighted by Crippen LogP contribution is 2.39. The molecule has 0 bridgehead atoms. The van der Waals surface area contributed by atoms with E-state index in [2.05, 4.69) is 5.32 Å². The summed E-state index contributed by atoms with van der Waals surface area (Å²) in [6.07, 6.45) is 3.75. The number of alkyl carbamates (subject to hydrolysis) is 1. The van der Waals surface area contributed by atoms with E-state index in [4.69, 9.17) is 14.0 Å². The fourth-order valence-electron chi connectivity index (χ4n) is 2.74. The van der Waals surface area contributed by atoms with Gasteiger partial charge >= 0.3 is 13.2 Å². The Morgan fingerprint density at radius 3 is 2.17 bits per heavy atom. The molecule has 1 heterocycles. The summed E-state index contributed by atoms with van der Waals surface area (Å²) < 4.78 is 17.5. The molecular formula is C17H32BNO4. The predicted molar refractivity (Wildman–Crippen MR) is 91.4 cm³/mol. The molecule has 1 aliphatic carbocycles. The molecule has 0 radical (unpaired) electrons. The van der Waals surface area contributed by atoms with Crippen molar-refractivity contribution in [2.24, 2.45) is 5.92 Å². The van der Waals surface area contributed by atoms with Crippen molar-refractivity contribution in [3.8, 4) is 0 Å². The number of hydrogen-bond donors (Lipinski definition) is 1. The van der Waals surface area contributed by atoms with Gasteiger partial charge in [0.2, 0.25) is 0 Å². The van der Waals surface area contributed by atoms with E-state index in [-0.39, 0.29) is 30.5 Å². The molecule has 2 fully saturated rings. The molecule has 1 saturated heterocycles. The summed E-state index contributed by atoms with van der Waals surface area (Å²) in [6.45, 7) is 13.8. The van der Waals surface area contributed by atoms with Crippen LogP contribution in [0, 0.1) is 5.92 Å². The third kappa shape index (κ3) is 5.38. The molecule has 0 aromatic rings. The molecular weight excluding hydrogens is 293 g/mol. The van der Waals surface area contributed by atoms with Crippen LogP contribution in [0.25, 0.3) is 0 Å². The third-order valence-corrected chi connectivity index (χ3v) is 4.81. The fraction of sp³-hybridized carbons (Fsp3) is 0.941. The van der Waals surface area contributed by atoms with Gasteiger partial charge in [-0.15, -0.1) is 0 Å². The number of ether oxygens (including phenoxy) is 1. The minimum absolute atomic E-state index is 0.0204. The van der Waals surface area contributed by atoms with Crippen LogP contribution in [0.4, 0.5) is 4.79 Å². The Kier molecular flexibility index (Phi) is 5.08. The van der Waals surface area contributed by atoms with Gasteiger partial charge in [0, 0.05) is 12.4 Å². The summed E-state index contributed by atoms with van der Waals surface area (Å²) in [5.74, 6) is 0.706. The van der Waals surface area contributed by atoms with E-state index in [0.29, 0.717) is 12.2 Å². The lowest BCUT2D eigenvalue weighted by molar-refractivity contribution is 0.00578. The lowest BCUT2D eigenvalue weighted by Gasteiger charge is -2.32. The zero-order valence-electron chi connectivity index (χ0n) is 15.7. The molecule has 0 aromatic carbocycles. The SMILES string of the molecule is CC(C)(C)OC(=O)N[C@H](CB1OC(C)(C)C(C)(C)O1)CC1CC1. The van der Waals surface area contributed by atoms with Gasteiger partial charge in [0.1, 0.15) is 5.60 Å². The zero-order valence-corrected chi connectivity index (χ0v) is 15.7. The number of rotatable bonds is 5. The number of carbonyl (C=O) groups excluding carboxylic acids is 1. The van der Waals surface area contributed by atoms with Crippen LogP contribution < -0.4 is 5.32 Å². The van der Waals surface area contributed by atoms with Gasteiger partial charge in [0.15, 0.2) is 0 Å². The minimum Gasteiger partial charge on any atom is -0.444 e. The maximum Gasteiger partial charge on any atom is 0.459 e. The fourth-order valence-corrected chi connectivity index (χ4v) is 2.74. The molecule has 6 heteroatoms. The third-order valence-electron chi connectivity index (χ3n) is 4.81. The summed E-state index contributed by atoms with van der Waals surface area (Å²) in [6, 6.07) is 0.0204. The Bertz CT molecular complexity index is 424. The lowest BCUT2D eigenvalue weighted by atomic mass is 9.79. The molecule has 1 amide bonds. The second-order valence-electron chi connectivity index (χ2n) is 8.94. The second-order valence-corrected chi connectivity index (χ2v) is 8.94. The predicted octanol–water partition coefficient (Wildman–Crippen LogP) is 3.77. The molecule has 2 aliphatic rings. The molecule has 1 aliphatic heterocycles. The van der Waals surface area contributed by atoms with Crippen molar-refractivity contribution in [1.29, 1.82) is 0 Å². The van der Waals surface area contributed by atoms with Crippen LogP contribution in [0.5, 0.6) is 0 Å². The summed E-state index contributed by atoms with van der Waals surface area (Å²) in [7, 11) is -0.293. The van der Waals surface area contributed by atoms with Crippen LogP contribution >= 0.6 is 0 Å². The Hall–Kier alpha value is -0.745. The smallest absolute Gasteiger partial charge is 0.444 e. The Labute approximate surface area is 141 Å². The van der Waals surface area contributed by atoms with Gasteiger partial charge in [-0.05, 0) is 60.8 Å². The summed E-state index contributed by atoms with van der Waals surface area (Å²) in [5, 5.41) is 3.01. The maximum absolute atomic E-state index is 12.1. The van der Waals surface area contributed by atoms with E-state index in [1.54, 1.807) is 0 Å². The number of amides is 1. The van der Waals surface area contributed by atoms with Gasteiger partial charge in [-0.2, -0.15) is 0 Å². The van der Waals surface area contributed by atoms with Gasteiger partial charge in [0.25, 0.3) is 0 Å². The topological polar surface area (TPSA) is 56.8 Å². The molecule has 0 unspecified atom stereocenters. The highest BCUT2D eigenvalue weighted by Gasteiger charge is 2.51. The minimum atomic E-state index is -0.488. The molecule has 0 spiro atoms. The van der Waals surface area contributed by atoms with E-state index in [1.165, 1.54) is 12.8 Å². The van der Waals surface area contributed by atoms with Crippen molar-refractivity contribution in [3.05, 3.63) is 0 Å². The first-order valence-electron chi connectivity index (χ1n) is 8.73. The van der Waals surface area contributed by atoms with Crippen molar-refractivity contribution >= 4 is 13.2 Å². The lowest BCUT2D eigenvalue weighted by Crippen LogP contribution is -2.42. The second kappa shape index (κ2) is 6.28. The Morgan fingerprint density at radius 1 is 1.22 bits per heavy atom. The average molecular weight is 325 g/mol. The van der Waals surface area contributed by atoms with Crippen molar-refractivity contribution in [3.63, 3.8) is 0 Å². The van der Waals surface area contributed by atoms with Crippen LogP contribution in [-0.2, 0) is 14.0 Å². The molecule has 132 valence electrons. The highest BCUT2D eigenvalue weighted by molar-refractivity contribution is 6.45. The van der Waals surface area contributed by atoms with E-state index in [0.717, 1.165) is 6.42 Å². The van der Waals surface area contributed by atoms with E-state index < -0.39 is 5.60 Å². The van der Waals surface area contributed by atoms with Crippen molar-refractivity contribution < 1.29 is 18.8 Å². The number of nitrogens with one attached hydrogen (secondary N) is 1. The molecule has 23 heavy (non-hydrogen) atoms. The van der Waals surface area contributed by atoms with Gasteiger partial charge in [-0.25, -0.2) is 4.79 Å². The molecule has 1 N–H and O–H groups in total. The van der Waals surface area contributed by atoms with E-state index >= 15 is 0 Å². The van der Waals surface area contributed by atoms with Gasteiger partial charge in [0.05, 0.1) is 11.2 Å². The zero-order chi connectivity index (χ0) is 17.5. The van der Waals surface area contributed by atoms with Gasteiger partial charge in [-0.1, -0.05) is 12.8 Å².